The number of amides is 1. The third kappa shape index (κ3) is 3.01. The molecule has 0 unspecified atom stereocenters. The van der Waals surface area contributed by atoms with Gasteiger partial charge in [-0.05, 0) is 44.8 Å². The molecule has 0 bridgehead atoms. The summed E-state index contributed by atoms with van der Waals surface area (Å²) in [6.45, 7) is 2.62. The molecule has 0 spiro atoms. The Kier molecular flexibility index (Phi) is 4.21. The summed E-state index contributed by atoms with van der Waals surface area (Å²) in [5.41, 5.74) is -0.0648. The fourth-order valence-corrected chi connectivity index (χ4v) is 3.81. The molecule has 0 radical (unpaired) electrons. The molecule has 2 aliphatic rings. The standard InChI is InChI=1S/C16H21N3O4/c1-17-8-6-14-11(10-17)3-2-7-18(14)16(21)13-5-4-12(19(22)23)9-15(13)20/h4-5,9,11,14,20H,2-3,6-8,10H2,1H3/t11-,14+/m0/s1. The zero-order valence-corrected chi connectivity index (χ0v) is 13.1. The number of piperidine rings is 2. The van der Waals surface area contributed by atoms with E-state index in [4.69, 9.17) is 0 Å². The number of phenols is 1. The van der Waals surface area contributed by atoms with E-state index in [9.17, 15) is 20.0 Å². The normalized spacial score (nSPS) is 25.0. The van der Waals surface area contributed by atoms with Gasteiger partial charge in [0.1, 0.15) is 5.75 Å². The van der Waals surface area contributed by atoms with E-state index < -0.39 is 4.92 Å². The molecule has 1 aromatic rings. The molecular formula is C16H21N3O4. The van der Waals surface area contributed by atoms with Gasteiger partial charge in [0.25, 0.3) is 11.6 Å². The molecule has 0 aliphatic carbocycles. The van der Waals surface area contributed by atoms with Crippen LogP contribution in [-0.4, -0.2) is 58.5 Å². The van der Waals surface area contributed by atoms with Crippen molar-refractivity contribution < 1.29 is 14.8 Å². The van der Waals surface area contributed by atoms with Gasteiger partial charge < -0.3 is 14.9 Å². The number of carbonyl (C=O) groups excluding carboxylic acids is 1. The molecule has 2 aliphatic heterocycles. The van der Waals surface area contributed by atoms with Crippen LogP contribution in [0.3, 0.4) is 0 Å². The molecule has 124 valence electrons. The van der Waals surface area contributed by atoms with E-state index in [0.717, 1.165) is 38.4 Å². The molecule has 3 rings (SSSR count). The molecule has 0 aromatic heterocycles. The number of non-ortho nitro benzene ring substituents is 1. The van der Waals surface area contributed by atoms with Gasteiger partial charge in [-0.3, -0.25) is 14.9 Å². The Labute approximate surface area is 134 Å². The fourth-order valence-electron chi connectivity index (χ4n) is 3.81. The van der Waals surface area contributed by atoms with Crippen molar-refractivity contribution in [3.8, 4) is 5.75 Å². The van der Waals surface area contributed by atoms with Crippen LogP contribution >= 0.6 is 0 Å². The summed E-state index contributed by atoms with van der Waals surface area (Å²) in [6.07, 6.45) is 3.00. The van der Waals surface area contributed by atoms with E-state index in [-0.39, 0.29) is 28.9 Å². The minimum Gasteiger partial charge on any atom is -0.507 e. The van der Waals surface area contributed by atoms with Gasteiger partial charge in [0.2, 0.25) is 0 Å². The summed E-state index contributed by atoms with van der Waals surface area (Å²) in [5, 5.41) is 20.8. The molecule has 2 atom stereocenters. The van der Waals surface area contributed by atoms with Crippen LogP contribution in [0.1, 0.15) is 29.6 Å². The molecule has 1 aromatic carbocycles. The van der Waals surface area contributed by atoms with Crippen molar-refractivity contribution in [3.05, 3.63) is 33.9 Å². The van der Waals surface area contributed by atoms with Gasteiger partial charge in [-0.25, -0.2) is 0 Å². The second kappa shape index (κ2) is 6.16. The number of nitrogens with zero attached hydrogens (tertiary/aromatic N) is 3. The summed E-state index contributed by atoms with van der Waals surface area (Å²) in [4.78, 5) is 27.1. The second-order valence-electron chi connectivity index (χ2n) is 6.48. The van der Waals surface area contributed by atoms with Crippen LogP contribution in [0.2, 0.25) is 0 Å². The van der Waals surface area contributed by atoms with Crippen LogP contribution in [0, 0.1) is 16.0 Å². The third-order valence-electron chi connectivity index (χ3n) is 4.95. The van der Waals surface area contributed by atoms with Gasteiger partial charge in [0, 0.05) is 25.2 Å². The topological polar surface area (TPSA) is 86.9 Å². The second-order valence-corrected chi connectivity index (χ2v) is 6.48. The van der Waals surface area contributed by atoms with Crippen molar-refractivity contribution in [3.63, 3.8) is 0 Å². The first-order valence-corrected chi connectivity index (χ1v) is 7.94. The largest absolute Gasteiger partial charge is 0.507 e. The Morgan fingerprint density at radius 3 is 2.83 bits per heavy atom. The fraction of sp³-hybridized carbons (Fsp3) is 0.562. The Balaban J connectivity index is 1.83. The molecule has 7 nitrogen and oxygen atoms in total. The van der Waals surface area contributed by atoms with Crippen LogP contribution in [0.5, 0.6) is 5.75 Å². The average Bonchev–Trinajstić information content (AvgIpc) is 2.53. The molecule has 0 saturated carbocycles. The quantitative estimate of drug-likeness (QED) is 0.664. The van der Waals surface area contributed by atoms with Crippen LogP contribution in [0.15, 0.2) is 18.2 Å². The predicted molar refractivity (Wildman–Crippen MR) is 84.4 cm³/mol. The van der Waals surface area contributed by atoms with Gasteiger partial charge >= 0.3 is 0 Å². The molecule has 1 amide bonds. The smallest absolute Gasteiger partial charge is 0.273 e. The number of phenolic OH excluding ortho intramolecular Hbond substituents is 1. The summed E-state index contributed by atoms with van der Waals surface area (Å²) < 4.78 is 0. The highest BCUT2D eigenvalue weighted by molar-refractivity contribution is 5.97. The number of nitro groups is 1. The molecule has 23 heavy (non-hydrogen) atoms. The van der Waals surface area contributed by atoms with E-state index in [2.05, 4.69) is 11.9 Å². The number of likely N-dealkylation sites (tertiary alicyclic amines) is 2. The summed E-state index contributed by atoms with van der Waals surface area (Å²) in [7, 11) is 2.10. The molecule has 7 heteroatoms. The van der Waals surface area contributed by atoms with Gasteiger partial charge in [0.15, 0.2) is 0 Å². The van der Waals surface area contributed by atoms with Crippen LogP contribution in [0.25, 0.3) is 0 Å². The zero-order chi connectivity index (χ0) is 16.6. The molecule has 1 N–H and O–H groups in total. The minimum absolute atomic E-state index is 0.148. The third-order valence-corrected chi connectivity index (χ3v) is 4.95. The van der Waals surface area contributed by atoms with Crippen molar-refractivity contribution >= 4 is 11.6 Å². The number of hydrogen-bond donors (Lipinski definition) is 1. The number of hydrogen-bond acceptors (Lipinski definition) is 5. The zero-order valence-electron chi connectivity index (χ0n) is 13.1. The lowest BCUT2D eigenvalue weighted by Gasteiger charge is -2.46. The Bertz CT molecular complexity index is 634. The molecule has 2 heterocycles. The van der Waals surface area contributed by atoms with Gasteiger partial charge in [0.05, 0.1) is 16.6 Å². The highest BCUT2D eigenvalue weighted by atomic mass is 16.6. The van der Waals surface area contributed by atoms with Crippen molar-refractivity contribution in [1.82, 2.24) is 9.80 Å². The summed E-state index contributed by atoms with van der Waals surface area (Å²) in [5.74, 6) is -0.0810. The Morgan fingerprint density at radius 2 is 2.13 bits per heavy atom. The van der Waals surface area contributed by atoms with E-state index in [1.54, 1.807) is 0 Å². The van der Waals surface area contributed by atoms with E-state index in [1.165, 1.54) is 12.1 Å². The maximum Gasteiger partial charge on any atom is 0.273 e. The maximum absolute atomic E-state index is 12.8. The van der Waals surface area contributed by atoms with Gasteiger partial charge in [-0.2, -0.15) is 0 Å². The number of benzene rings is 1. The maximum atomic E-state index is 12.8. The van der Waals surface area contributed by atoms with E-state index in [0.29, 0.717) is 12.5 Å². The number of fused-ring (bicyclic) bond motifs is 1. The summed E-state index contributed by atoms with van der Waals surface area (Å²) in [6, 6.07) is 3.86. The van der Waals surface area contributed by atoms with Crippen molar-refractivity contribution in [2.75, 3.05) is 26.7 Å². The lowest BCUT2D eigenvalue weighted by Crippen LogP contribution is -2.55. The van der Waals surface area contributed by atoms with Crippen molar-refractivity contribution in [1.29, 1.82) is 0 Å². The number of carbonyl (C=O) groups is 1. The van der Waals surface area contributed by atoms with Crippen LogP contribution < -0.4 is 0 Å². The number of nitro benzene ring substituents is 1. The van der Waals surface area contributed by atoms with E-state index >= 15 is 0 Å². The first kappa shape index (κ1) is 15.7. The molecular weight excluding hydrogens is 298 g/mol. The number of aromatic hydroxyl groups is 1. The lowest BCUT2D eigenvalue weighted by molar-refractivity contribution is -0.384. The minimum atomic E-state index is -0.581. The Hall–Kier alpha value is -2.15. The molecule has 2 fully saturated rings. The SMILES string of the molecule is CN1CC[C@@H]2[C@@H](CCCN2C(=O)c2ccc([N+](=O)[O-])cc2O)C1. The summed E-state index contributed by atoms with van der Waals surface area (Å²) >= 11 is 0. The van der Waals surface area contributed by atoms with Gasteiger partial charge in [-0.1, -0.05) is 0 Å². The van der Waals surface area contributed by atoms with Crippen molar-refractivity contribution in [2.24, 2.45) is 5.92 Å². The lowest BCUT2D eigenvalue weighted by atomic mass is 9.83. The predicted octanol–water partition coefficient (Wildman–Crippen LogP) is 1.86. The van der Waals surface area contributed by atoms with Crippen molar-refractivity contribution in [2.45, 2.75) is 25.3 Å². The van der Waals surface area contributed by atoms with Gasteiger partial charge in [-0.15, -0.1) is 0 Å². The van der Waals surface area contributed by atoms with Crippen LogP contribution in [0.4, 0.5) is 5.69 Å². The van der Waals surface area contributed by atoms with E-state index in [1.807, 2.05) is 4.90 Å². The monoisotopic (exact) mass is 319 g/mol. The van der Waals surface area contributed by atoms with Crippen LogP contribution in [-0.2, 0) is 0 Å². The molecule has 2 saturated heterocycles. The Morgan fingerprint density at radius 1 is 1.35 bits per heavy atom. The highest BCUT2D eigenvalue weighted by Crippen LogP contribution is 2.33. The first-order valence-electron chi connectivity index (χ1n) is 7.94. The first-order chi connectivity index (χ1) is 11.0. The average molecular weight is 319 g/mol. The highest BCUT2D eigenvalue weighted by Gasteiger charge is 2.38. The number of rotatable bonds is 2.